The number of hydrogen-bond donors (Lipinski definition) is 1. The van der Waals surface area contributed by atoms with Gasteiger partial charge in [0.2, 0.25) is 10.0 Å². The summed E-state index contributed by atoms with van der Waals surface area (Å²) in [5, 5.41) is 0. The molecule has 2 aromatic carbocycles. The van der Waals surface area contributed by atoms with Gasteiger partial charge in [0.05, 0.1) is 25.2 Å². The molecule has 0 spiro atoms. The molecule has 3 rings (SSSR count). The fourth-order valence-corrected chi connectivity index (χ4v) is 4.38. The molecule has 2 aromatic rings. The summed E-state index contributed by atoms with van der Waals surface area (Å²) in [4.78, 5) is 0.122. The van der Waals surface area contributed by atoms with Crippen LogP contribution in [0, 0.1) is 0 Å². The molecule has 7 heteroatoms. The van der Waals surface area contributed by atoms with E-state index in [4.69, 9.17) is 14.2 Å². The first-order chi connectivity index (χ1) is 12.3. The average Bonchev–Trinajstić information content (AvgIpc) is 2.59. The fraction of sp³-hybridized carbons (Fsp3) is 0.368. The van der Waals surface area contributed by atoms with Crippen molar-refractivity contribution in [3.8, 4) is 17.2 Å². The van der Waals surface area contributed by atoms with Gasteiger partial charge in [0.25, 0.3) is 0 Å². The Bertz CT molecular complexity index is 908. The summed E-state index contributed by atoms with van der Waals surface area (Å²) in [5.74, 6) is 1.54. The van der Waals surface area contributed by atoms with Crippen molar-refractivity contribution in [2.45, 2.75) is 36.8 Å². The lowest BCUT2D eigenvalue weighted by Gasteiger charge is -2.37. The smallest absolute Gasteiger partial charge is 0.241 e. The molecule has 0 radical (unpaired) electrons. The molecular formula is C19H23NO5S. The molecule has 0 aliphatic carbocycles. The first kappa shape index (κ1) is 18.5. The van der Waals surface area contributed by atoms with Gasteiger partial charge in [-0.25, -0.2) is 13.1 Å². The van der Waals surface area contributed by atoms with Crippen LogP contribution in [0.4, 0.5) is 0 Å². The second-order valence-electron chi connectivity index (χ2n) is 6.79. The van der Waals surface area contributed by atoms with E-state index in [-0.39, 0.29) is 10.9 Å². The molecule has 1 atom stereocenters. The predicted octanol–water partition coefficient (Wildman–Crippen LogP) is 3.28. The van der Waals surface area contributed by atoms with Crippen molar-refractivity contribution < 1.29 is 22.6 Å². The van der Waals surface area contributed by atoms with Crippen LogP contribution in [0.15, 0.2) is 47.4 Å². The molecule has 0 amide bonds. The number of benzene rings is 2. The van der Waals surface area contributed by atoms with Crippen molar-refractivity contribution >= 4 is 10.0 Å². The van der Waals surface area contributed by atoms with E-state index in [1.165, 1.54) is 26.4 Å². The first-order valence-corrected chi connectivity index (χ1v) is 9.76. The summed E-state index contributed by atoms with van der Waals surface area (Å²) in [6.45, 7) is 3.89. The number of sulfonamides is 1. The molecule has 1 N–H and O–H groups in total. The van der Waals surface area contributed by atoms with Gasteiger partial charge in [0.15, 0.2) is 11.5 Å². The number of methoxy groups -OCH3 is 2. The number of nitrogens with one attached hydrogen (secondary N) is 1. The standard InChI is InChI=1S/C19H23NO5S/c1-19(2)12-15(14-7-5-6-8-16(14)25-19)20-26(21,22)13-9-10-17(23-3)18(11-13)24-4/h5-11,15,20H,12H2,1-4H3/t15-/m0/s1. The van der Waals surface area contributed by atoms with E-state index in [1.54, 1.807) is 6.07 Å². The van der Waals surface area contributed by atoms with Crippen LogP contribution in [0.25, 0.3) is 0 Å². The molecule has 0 saturated heterocycles. The molecule has 0 fully saturated rings. The van der Waals surface area contributed by atoms with Crippen LogP contribution in [-0.2, 0) is 10.0 Å². The Hall–Kier alpha value is -2.25. The molecule has 1 aliphatic rings. The molecule has 26 heavy (non-hydrogen) atoms. The van der Waals surface area contributed by atoms with E-state index in [9.17, 15) is 8.42 Å². The number of rotatable bonds is 5. The molecule has 0 unspecified atom stereocenters. The van der Waals surface area contributed by atoms with E-state index in [0.29, 0.717) is 23.7 Å². The average molecular weight is 377 g/mol. The van der Waals surface area contributed by atoms with Crippen molar-refractivity contribution in [2.75, 3.05) is 14.2 Å². The maximum absolute atomic E-state index is 12.9. The van der Waals surface area contributed by atoms with Gasteiger partial charge in [-0.1, -0.05) is 18.2 Å². The number of ether oxygens (including phenoxy) is 3. The molecule has 1 heterocycles. The Morgan fingerprint density at radius 1 is 1.08 bits per heavy atom. The fourth-order valence-electron chi connectivity index (χ4n) is 3.15. The Morgan fingerprint density at radius 3 is 2.46 bits per heavy atom. The topological polar surface area (TPSA) is 73.9 Å². The van der Waals surface area contributed by atoms with Crippen LogP contribution >= 0.6 is 0 Å². The highest BCUT2D eigenvalue weighted by molar-refractivity contribution is 7.89. The van der Waals surface area contributed by atoms with Gasteiger partial charge >= 0.3 is 0 Å². The number of para-hydroxylation sites is 1. The van der Waals surface area contributed by atoms with Crippen LogP contribution in [0.2, 0.25) is 0 Å². The van der Waals surface area contributed by atoms with Crippen molar-refractivity contribution in [3.05, 3.63) is 48.0 Å². The Kier molecular flexibility index (Phi) is 4.86. The zero-order valence-corrected chi connectivity index (χ0v) is 16.1. The van der Waals surface area contributed by atoms with Crippen LogP contribution in [0.3, 0.4) is 0 Å². The van der Waals surface area contributed by atoms with Gasteiger partial charge in [-0.2, -0.15) is 0 Å². The van der Waals surface area contributed by atoms with E-state index in [0.717, 1.165) is 5.56 Å². The lowest BCUT2D eigenvalue weighted by molar-refractivity contribution is 0.0702. The van der Waals surface area contributed by atoms with E-state index >= 15 is 0 Å². The summed E-state index contributed by atoms with van der Waals surface area (Å²) in [7, 11) is -0.775. The van der Waals surface area contributed by atoms with Gasteiger partial charge in [-0.15, -0.1) is 0 Å². The maximum Gasteiger partial charge on any atom is 0.241 e. The third-order valence-electron chi connectivity index (χ3n) is 4.34. The van der Waals surface area contributed by atoms with Crippen LogP contribution < -0.4 is 18.9 Å². The largest absolute Gasteiger partial charge is 0.493 e. The molecular weight excluding hydrogens is 354 g/mol. The summed E-state index contributed by atoms with van der Waals surface area (Å²) >= 11 is 0. The molecule has 0 saturated carbocycles. The van der Waals surface area contributed by atoms with E-state index in [1.807, 2.05) is 38.1 Å². The molecule has 6 nitrogen and oxygen atoms in total. The highest BCUT2D eigenvalue weighted by Gasteiger charge is 2.36. The lowest BCUT2D eigenvalue weighted by Crippen LogP contribution is -2.41. The zero-order chi connectivity index (χ0) is 18.9. The van der Waals surface area contributed by atoms with E-state index in [2.05, 4.69) is 4.72 Å². The van der Waals surface area contributed by atoms with E-state index < -0.39 is 15.6 Å². The van der Waals surface area contributed by atoms with Crippen LogP contribution in [0.1, 0.15) is 31.9 Å². The Balaban J connectivity index is 1.95. The maximum atomic E-state index is 12.9. The summed E-state index contributed by atoms with van der Waals surface area (Å²) in [6, 6.07) is 11.6. The zero-order valence-electron chi connectivity index (χ0n) is 15.3. The summed E-state index contributed by atoms with van der Waals surface area (Å²) in [5.41, 5.74) is 0.356. The van der Waals surface area contributed by atoms with Gasteiger partial charge in [-0.3, -0.25) is 0 Å². The molecule has 0 bridgehead atoms. The molecule has 0 aromatic heterocycles. The summed E-state index contributed by atoms with van der Waals surface area (Å²) in [6.07, 6.45) is 0.524. The van der Waals surface area contributed by atoms with Crippen molar-refractivity contribution in [3.63, 3.8) is 0 Å². The number of hydrogen-bond acceptors (Lipinski definition) is 5. The van der Waals surface area contributed by atoms with Crippen LogP contribution in [0.5, 0.6) is 17.2 Å². The summed E-state index contributed by atoms with van der Waals surface area (Å²) < 4.78 is 45.0. The second kappa shape index (κ2) is 6.81. The predicted molar refractivity (Wildman–Crippen MR) is 98.4 cm³/mol. The highest BCUT2D eigenvalue weighted by atomic mass is 32.2. The highest BCUT2D eigenvalue weighted by Crippen LogP contribution is 2.40. The van der Waals surface area contributed by atoms with Crippen molar-refractivity contribution in [1.29, 1.82) is 0 Å². The van der Waals surface area contributed by atoms with Gasteiger partial charge in [-0.05, 0) is 32.0 Å². The first-order valence-electron chi connectivity index (χ1n) is 8.28. The van der Waals surface area contributed by atoms with Crippen molar-refractivity contribution in [2.24, 2.45) is 0 Å². The van der Waals surface area contributed by atoms with Crippen molar-refractivity contribution in [1.82, 2.24) is 4.72 Å². The second-order valence-corrected chi connectivity index (χ2v) is 8.51. The minimum absolute atomic E-state index is 0.122. The van der Waals surface area contributed by atoms with Gasteiger partial charge in [0, 0.05) is 18.1 Å². The molecule has 1 aliphatic heterocycles. The van der Waals surface area contributed by atoms with Gasteiger partial charge < -0.3 is 14.2 Å². The normalized spacial score (nSPS) is 18.5. The third kappa shape index (κ3) is 3.64. The lowest BCUT2D eigenvalue weighted by atomic mass is 9.90. The monoisotopic (exact) mass is 377 g/mol. The Labute approximate surface area is 154 Å². The minimum atomic E-state index is -3.75. The number of fused-ring (bicyclic) bond motifs is 1. The SMILES string of the molecule is COc1ccc(S(=O)(=O)N[C@H]2CC(C)(C)Oc3ccccc32)cc1OC. The van der Waals surface area contributed by atoms with Crippen LogP contribution in [-0.4, -0.2) is 28.2 Å². The Morgan fingerprint density at radius 2 is 1.77 bits per heavy atom. The molecule has 140 valence electrons. The quantitative estimate of drug-likeness (QED) is 0.866. The van der Waals surface area contributed by atoms with Gasteiger partial charge in [0.1, 0.15) is 11.4 Å². The minimum Gasteiger partial charge on any atom is -0.493 e. The third-order valence-corrected chi connectivity index (χ3v) is 5.81.